The third-order valence-corrected chi connectivity index (χ3v) is 9.44. The van der Waals surface area contributed by atoms with Gasteiger partial charge in [-0.15, -0.1) is 17.7 Å². The standard InChI is InChI=1S/C31H39N2.C13H10NO.Au/c1-20(2)24-13-11-14-25(21(3)4)30(24)32-19-33(29-18-10-9-17-28(29)32)31-26(22(5)6)15-12-16-27(31)23(7)8;1-15-9-6-7-13-11(8-9)10-4-2-3-5-12(10)14-13;/h9-23H,1-8H3;2-8H,1H3;/q2*-1;. The first-order chi connectivity index (χ1) is 23.1. The van der Waals surface area contributed by atoms with E-state index in [2.05, 4.69) is 144 Å². The Morgan fingerprint density at radius 2 is 0.939 bits per heavy atom. The Morgan fingerprint density at radius 1 is 0.510 bits per heavy atom. The second-order valence-corrected chi connectivity index (χ2v) is 14.0. The second kappa shape index (κ2) is 15.3. The van der Waals surface area contributed by atoms with Crippen LogP contribution in [-0.2, 0) is 22.4 Å². The summed E-state index contributed by atoms with van der Waals surface area (Å²) in [6.07, 6.45) is 0. The number of para-hydroxylation sites is 5. The summed E-state index contributed by atoms with van der Waals surface area (Å²) < 4.78 is 5.21. The van der Waals surface area contributed by atoms with Crippen LogP contribution in [0, 0.1) is 6.67 Å². The van der Waals surface area contributed by atoms with Gasteiger partial charge in [0.2, 0.25) is 0 Å². The van der Waals surface area contributed by atoms with E-state index in [1.54, 1.807) is 7.11 Å². The number of rotatable bonds is 7. The van der Waals surface area contributed by atoms with Gasteiger partial charge in [0.15, 0.2) is 0 Å². The van der Waals surface area contributed by atoms with Gasteiger partial charge in [0.1, 0.15) is 5.75 Å². The monoisotopic (exact) mass is 832 g/mol. The van der Waals surface area contributed by atoms with Crippen LogP contribution in [-0.4, -0.2) is 7.11 Å². The van der Waals surface area contributed by atoms with Crippen molar-refractivity contribution in [1.29, 1.82) is 0 Å². The number of anilines is 4. The summed E-state index contributed by atoms with van der Waals surface area (Å²) in [5.74, 6) is 2.66. The zero-order valence-electron chi connectivity index (χ0n) is 30.3. The molecule has 49 heavy (non-hydrogen) atoms. The predicted octanol–water partition coefficient (Wildman–Crippen LogP) is 12.5. The molecule has 0 amide bonds. The molecule has 1 aliphatic heterocycles. The molecule has 0 unspecified atom stereocenters. The molecule has 259 valence electrons. The van der Waals surface area contributed by atoms with Crippen molar-refractivity contribution in [3.8, 4) is 5.75 Å². The van der Waals surface area contributed by atoms with Gasteiger partial charge in [-0.1, -0.05) is 134 Å². The molecule has 5 heteroatoms. The van der Waals surface area contributed by atoms with Gasteiger partial charge in [-0.2, -0.15) is 0 Å². The fourth-order valence-corrected chi connectivity index (χ4v) is 6.93. The minimum Gasteiger partial charge on any atom is -0.657 e. The van der Waals surface area contributed by atoms with Crippen molar-refractivity contribution in [2.75, 3.05) is 16.9 Å². The number of fused-ring (bicyclic) bond motifs is 4. The van der Waals surface area contributed by atoms with Crippen LogP contribution in [0.15, 0.2) is 103 Å². The van der Waals surface area contributed by atoms with Crippen LogP contribution in [0.5, 0.6) is 5.75 Å². The molecule has 0 aliphatic carbocycles. The molecule has 0 bridgehead atoms. The van der Waals surface area contributed by atoms with Gasteiger partial charge in [0.05, 0.1) is 7.11 Å². The van der Waals surface area contributed by atoms with Gasteiger partial charge in [-0.25, -0.2) is 0 Å². The molecule has 5 aromatic carbocycles. The maximum Gasteiger partial charge on any atom is 0.119 e. The van der Waals surface area contributed by atoms with E-state index < -0.39 is 0 Å². The van der Waals surface area contributed by atoms with Crippen molar-refractivity contribution in [3.63, 3.8) is 0 Å². The Kier molecular flexibility index (Phi) is 11.3. The number of ether oxygens (including phenoxy) is 1. The fourth-order valence-electron chi connectivity index (χ4n) is 6.93. The summed E-state index contributed by atoms with van der Waals surface area (Å²) in [7, 11) is 1.68. The number of hydrogen-bond donors (Lipinski definition) is 0. The van der Waals surface area contributed by atoms with E-state index in [0.717, 1.165) is 22.2 Å². The molecule has 6 aromatic rings. The second-order valence-electron chi connectivity index (χ2n) is 14.0. The molecule has 0 atom stereocenters. The maximum absolute atomic E-state index is 5.21. The average molecular weight is 833 g/mol. The zero-order valence-corrected chi connectivity index (χ0v) is 32.4. The molecule has 0 N–H and O–H groups in total. The van der Waals surface area contributed by atoms with Crippen LogP contribution < -0.4 is 19.5 Å². The quantitative estimate of drug-likeness (QED) is 0.118. The topological polar surface area (TPSA) is 29.8 Å². The Hall–Kier alpha value is -3.96. The van der Waals surface area contributed by atoms with Crippen LogP contribution in [0.25, 0.3) is 21.8 Å². The molecular formula is C44H49AuN3O-2. The van der Waals surface area contributed by atoms with E-state index in [1.807, 2.05) is 36.4 Å². The van der Waals surface area contributed by atoms with Gasteiger partial charge in [0, 0.05) is 45.1 Å². The minimum absolute atomic E-state index is 0. The van der Waals surface area contributed by atoms with Crippen molar-refractivity contribution in [2.24, 2.45) is 0 Å². The normalized spacial score (nSPS) is 12.6. The smallest absolute Gasteiger partial charge is 0.119 e. The third-order valence-electron chi connectivity index (χ3n) is 9.44. The molecule has 1 aromatic heterocycles. The van der Waals surface area contributed by atoms with Crippen LogP contribution in [0.2, 0.25) is 0 Å². The van der Waals surface area contributed by atoms with E-state index in [1.165, 1.54) is 50.4 Å². The number of benzene rings is 5. The fraction of sp³-hybridized carbons (Fsp3) is 0.295. The van der Waals surface area contributed by atoms with Crippen molar-refractivity contribution in [3.05, 3.63) is 132 Å². The first kappa shape index (κ1) is 36.3. The van der Waals surface area contributed by atoms with E-state index in [4.69, 9.17) is 4.74 Å². The molecule has 0 saturated heterocycles. The van der Waals surface area contributed by atoms with Gasteiger partial charge >= 0.3 is 0 Å². The van der Waals surface area contributed by atoms with Gasteiger partial charge in [-0.3, -0.25) is 0 Å². The molecule has 4 nitrogen and oxygen atoms in total. The third kappa shape index (κ3) is 7.05. The summed E-state index contributed by atoms with van der Waals surface area (Å²) in [6, 6.07) is 36.6. The Balaban J connectivity index is 0.000000243. The molecule has 1 aliphatic rings. The molecular weight excluding hydrogens is 783 g/mol. The zero-order chi connectivity index (χ0) is 34.1. The summed E-state index contributed by atoms with van der Waals surface area (Å²) in [5.41, 5.74) is 12.8. The van der Waals surface area contributed by atoms with Crippen molar-refractivity contribution >= 4 is 44.6 Å². The number of nitrogens with zero attached hydrogens (tertiary/aromatic N) is 3. The molecule has 1 radical (unpaired) electrons. The molecule has 0 spiro atoms. The van der Waals surface area contributed by atoms with Crippen molar-refractivity contribution in [1.82, 2.24) is 4.98 Å². The molecule has 0 fully saturated rings. The summed E-state index contributed by atoms with van der Waals surface area (Å²) >= 11 is 0. The maximum atomic E-state index is 5.21. The number of methoxy groups -OCH3 is 1. The van der Waals surface area contributed by atoms with Crippen LogP contribution in [0.3, 0.4) is 0 Å². The number of hydrogen-bond acceptors (Lipinski definition) is 3. The molecule has 0 saturated carbocycles. The first-order valence-corrected chi connectivity index (χ1v) is 17.4. The molecule has 2 heterocycles. The van der Waals surface area contributed by atoms with E-state index in [0.29, 0.717) is 23.7 Å². The predicted molar refractivity (Wildman–Crippen MR) is 206 cm³/mol. The minimum atomic E-state index is 0. The number of aromatic nitrogens is 1. The van der Waals surface area contributed by atoms with Crippen molar-refractivity contribution < 1.29 is 27.1 Å². The van der Waals surface area contributed by atoms with E-state index in [9.17, 15) is 0 Å². The first-order valence-electron chi connectivity index (χ1n) is 17.4. The van der Waals surface area contributed by atoms with E-state index >= 15 is 0 Å². The molecule has 7 rings (SSSR count). The Bertz CT molecular complexity index is 1900. The Morgan fingerprint density at radius 3 is 1.39 bits per heavy atom. The average Bonchev–Trinajstić information content (AvgIpc) is 3.66. The van der Waals surface area contributed by atoms with Crippen LogP contribution in [0.4, 0.5) is 22.7 Å². The summed E-state index contributed by atoms with van der Waals surface area (Å²) in [5, 5.41) is 2.34. The largest absolute Gasteiger partial charge is 0.657 e. The van der Waals surface area contributed by atoms with Crippen LogP contribution in [0.1, 0.15) is 101 Å². The van der Waals surface area contributed by atoms with Crippen LogP contribution >= 0.6 is 0 Å². The summed E-state index contributed by atoms with van der Waals surface area (Å²) in [4.78, 5) is 9.43. The summed E-state index contributed by atoms with van der Waals surface area (Å²) in [6.45, 7) is 20.7. The Labute approximate surface area is 309 Å². The van der Waals surface area contributed by atoms with Gasteiger partial charge in [0.25, 0.3) is 0 Å². The van der Waals surface area contributed by atoms with Crippen molar-refractivity contribution in [2.45, 2.75) is 79.1 Å². The van der Waals surface area contributed by atoms with Gasteiger partial charge in [-0.05, 0) is 81.0 Å². The van der Waals surface area contributed by atoms with E-state index in [-0.39, 0.29) is 22.4 Å². The SMILES string of the molecule is CC(C)c1cccc(C(C)C)c1N1[CH-]N(c2c(C(C)C)cccc2C(C)C)c2ccccc21.COc1ccc2[n-]c3ccccc3c2c1.[Au]. The van der Waals surface area contributed by atoms with Gasteiger partial charge < -0.3 is 19.5 Å².